The fourth-order valence-corrected chi connectivity index (χ4v) is 2.47. The second kappa shape index (κ2) is 5.80. The van der Waals surface area contributed by atoms with Crippen LogP contribution < -0.4 is 5.32 Å². The Bertz CT molecular complexity index is 703. The second-order valence-electron chi connectivity index (χ2n) is 4.80. The highest BCUT2D eigenvalue weighted by molar-refractivity contribution is 5.83. The lowest BCUT2D eigenvalue weighted by Gasteiger charge is -2.12. The van der Waals surface area contributed by atoms with Crippen molar-refractivity contribution in [3.05, 3.63) is 65.9 Å². The molecular formula is C17H18N2O. The number of hydrogen-bond donors (Lipinski definition) is 2. The Morgan fingerprint density at radius 2 is 1.85 bits per heavy atom. The minimum atomic E-state index is 0.623. The number of ether oxygens (including phenoxy) is 1. The Hall–Kier alpha value is -2.26. The molecule has 2 aromatic carbocycles. The number of aromatic nitrogens is 1. The maximum Gasteiger partial charge on any atom is 0.0733 e. The molecule has 0 atom stereocenters. The topological polar surface area (TPSA) is 37.0 Å². The van der Waals surface area contributed by atoms with Crippen molar-refractivity contribution >= 4 is 16.6 Å². The lowest BCUT2D eigenvalue weighted by molar-refractivity contribution is 0.185. The van der Waals surface area contributed by atoms with Crippen LogP contribution in [-0.4, -0.2) is 12.1 Å². The van der Waals surface area contributed by atoms with E-state index in [9.17, 15) is 0 Å². The predicted octanol–water partition coefficient (Wildman–Crippen LogP) is 3.93. The van der Waals surface area contributed by atoms with Gasteiger partial charge in [-0.15, -0.1) is 0 Å². The van der Waals surface area contributed by atoms with Gasteiger partial charge in [-0.25, -0.2) is 0 Å². The summed E-state index contributed by atoms with van der Waals surface area (Å²) in [5, 5.41) is 4.77. The van der Waals surface area contributed by atoms with Gasteiger partial charge in [0.2, 0.25) is 0 Å². The first kappa shape index (κ1) is 12.8. The van der Waals surface area contributed by atoms with E-state index < -0.39 is 0 Å². The number of anilines is 1. The largest absolute Gasteiger partial charge is 0.381 e. The highest BCUT2D eigenvalue weighted by atomic mass is 16.5. The molecule has 3 heteroatoms. The average Bonchev–Trinajstić information content (AvgIpc) is 2.96. The SMILES string of the molecule is COCc1ccccc1NCc1cccc2[nH]ccc12. The Morgan fingerprint density at radius 1 is 1.00 bits per heavy atom. The molecule has 0 aliphatic heterocycles. The Balaban J connectivity index is 1.81. The number of benzene rings is 2. The quantitative estimate of drug-likeness (QED) is 0.734. The molecule has 2 N–H and O–H groups in total. The number of methoxy groups -OCH3 is 1. The van der Waals surface area contributed by atoms with Crippen LogP contribution in [0.4, 0.5) is 5.69 Å². The van der Waals surface area contributed by atoms with Gasteiger partial charge < -0.3 is 15.0 Å². The summed E-state index contributed by atoms with van der Waals surface area (Å²) in [7, 11) is 1.72. The van der Waals surface area contributed by atoms with E-state index in [-0.39, 0.29) is 0 Å². The van der Waals surface area contributed by atoms with Gasteiger partial charge in [0.25, 0.3) is 0 Å². The third-order valence-corrected chi connectivity index (χ3v) is 3.47. The molecule has 0 unspecified atom stereocenters. The van der Waals surface area contributed by atoms with Gasteiger partial charge in [-0.1, -0.05) is 30.3 Å². The normalized spacial score (nSPS) is 10.8. The molecule has 0 fully saturated rings. The van der Waals surface area contributed by atoms with Gasteiger partial charge in [0.15, 0.2) is 0 Å². The number of rotatable bonds is 5. The van der Waals surface area contributed by atoms with E-state index in [0.717, 1.165) is 12.2 Å². The Labute approximate surface area is 118 Å². The van der Waals surface area contributed by atoms with Gasteiger partial charge in [0.1, 0.15) is 0 Å². The minimum Gasteiger partial charge on any atom is -0.381 e. The highest BCUT2D eigenvalue weighted by Crippen LogP contribution is 2.21. The standard InChI is InChI=1S/C17H18N2O/c1-20-12-14-5-2-3-7-16(14)19-11-13-6-4-8-17-15(13)9-10-18-17/h2-10,18-19H,11-12H2,1H3. The molecule has 3 rings (SSSR count). The molecular weight excluding hydrogens is 248 g/mol. The van der Waals surface area contributed by atoms with Crippen LogP contribution in [0, 0.1) is 0 Å². The van der Waals surface area contributed by atoms with Gasteiger partial charge in [-0.2, -0.15) is 0 Å². The Kier molecular flexibility index (Phi) is 3.70. The number of para-hydroxylation sites is 1. The number of hydrogen-bond acceptors (Lipinski definition) is 2. The van der Waals surface area contributed by atoms with Gasteiger partial charge in [-0.05, 0) is 23.8 Å². The fourth-order valence-electron chi connectivity index (χ4n) is 2.47. The van der Waals surface area contributed by atoms with Crippen LogP contribution in [-0.2, 0) is 17.9 Å². The van der Waals surface area contributed by atoms with E-state index in [4.69, 9.17) is 4.74 Å². The van der Waals surface area contributed by atoms with Crippen molar-refractivity contribution in [2.24, 2.45) is 0 Å². The maximum absolute atomic E-state index is 5.23. The van der Waals surface area contributed by atoms with Crippen molar-refractivity contribution in [1.82, 2.24) is 4.98 Å². The predicted molar refractivity (Wildman–Crippen MR) is 82.8 cm³/mol. The molecule has 3 nitrogen and oxygen atoms in total. The fraction of sp³-hybridized carbons (Fsp3) is 0.176. The molecule has 0 bridgehead atoms. The molecule has 1 heterocycles. The molecule has 20 heavy (non-hydrogen) atoms. The number of H-pyrrole nitrogens is 1. The molecule has 0 aliphatic rings. The third-order valence-electron chi connectivity index (χ3n) is 3.47. The summed E-state index contributed by atoms with van der Waals surface area (Å²) in [6.07, 6.45) is 1.98. The van der Waals surface area contributed by atoms with Crippen molar-refractivity contribution in [1.29, 1.82) is 0 Å². The summed E-state index contributed by atoms with van der Waals surface area (Å²) in [4.78, 5) is 3.24. The van der Waals surface area contributed by atoms with Gasteiger partial charge in [-0.3, -0.25) is 0 Å². The van der Waals surface area contributed by atoms with Crippen LogP contribution in [0.15, 0.2) is 54.7 Å². The van der Waals surface area contributed by atoms with Crippen LogP contribution in [0.5, 0.6) is 0 Å². The summed E-state index contributed by atoms with van der Waals surface area (Å²) in [6, 6.07) is 16.7. The highest BCUT2D eigenvalue weighted by Gasteiger charge is 2.04. The molecule has 0 radical (unpaired) electrons. The summed E-state index contributed by atoms with van der Waals surface area (Å²) < 4.78 is 5.23. The monoisotopic (exact) mass is 266 g/mol. The third kappa shape index (κ3) is 2.53. The van der Waals surface area contributed by atoms with E-state index in [1.54, 1.807) is 7.11 Å². The summed E-state index contributed by atoms with van der Waals surface area (Å²) >= 11 is 0. The van der Waals surface area contributed by atoms with E-state index in [1.165, 1.54) is 22.0 Å². The zero-order valence-electron chi connectivity index (χ0n) is 11.5. The zero-order chi connectivity index (χ0) is 13.8. The lowest BCUT2D eigenvalue weighted by Crippen LogP contribution is -2.03. The first-order valence-electron chi connectivity index (χ1n) is 6.74. The van der Waals surface area contributed by atoms with Gasteiger partial charge in [0, 0.05) is 42.0 Å². The summed E-state index contributed by atoms with van der Waals surface area (Å²) in [5.74, 6) is 0. The first-order chi connectivity index (χ1) is 9.88. The average molecular weight is 266 g/mol. The number of aromatic amines is 1. The van der Waals surface area contributed by atoms with Gasteiger partial charge >= 0.3 is 0 Å². The van der Waals surface area contributed by atoms with E-state index in [2.05, 4.69) is 46.7 Å². The lowest BCUT2D eigenvalue weighted by atomic mass is 10.1. The van der Waals surface area contributed by atoms with E-state index >= 15 is 0 Å². The van der Waals surface area contributed by atoms with Crippen molar-refractivity contribution in [2.45, 2.75) is 13.2 Å². The van der Waals surface area contributed by atoms with Gasteiger partial charge in [0.05, 0.1) is 6.61 Å². The minimum absolute atomic E-state index is 0.623. The maximum atomic E-state index is 5.23. The molecule has 0 amide bonds. The molecule has 1 aromatic heterocycles. The number of nitrogens with one attached hydrogen (secondary N) is 2. The molecule has 0 spiro atoms. The van der Waals surface area contributed by atoms with Crippen LogP contribution in [0.2, 0.25) is 0 Å². The van der Waals surface area contributed by atoms with E-state index in [1.807, 2.05) is 18.3 Å². The van der Waals surface area contributed by atoms with Crippen LogP contribution >= 0.6 is 0 Å². The van der Waals surface area contributed by atoms with Crippen molar-refractivity contribution < 1.29 is 4.74 Å². The first-order valence-corrected chi connectivity index (χ1v) is 6.74. The summed E-state index contributed by atoms with van der Waals surface area (Å²) in [5.41, 5.74) is 4.77. The number of fused-ring (bicyclic) bond motifs is 1. The van der Waals surface area contributed by atoms with Crippen LogP contribution in [0.1, 0.15) is 11.1 Å². The Morgan fingerprint density at radius 3 is 2.75 bits per heavy atom. The molecule has 0 saturated carbocycles. The van der Waals surface area contributed by atoms with Crippen LogP contribution in [0.3, 0.4) is 0 Å². The second-order valence-corrected chi connectivity index (χ2v) is 4.80. The van der Waals surface area contributed by atoms with Crippen LogP contribution in [0.25, 0.3) is 10.9 Å². The van der Waals surface area contributed by atoms with Crippen molar-refractivity contribution in [3.8, 4) is 0 Å². The summed E-state index contributed by atoms with van der Waals surface area (Å²) in [6.45, 7) is 1.42. The van der Waals surface area contributed by atoms with E-state index in [0.29, 0.717) is 6.61 Å². The molecule has 0 saturated heterocycles. The zero-order valence-corrected chi connectivity index (χ0v) is 11.5. The smallest absolute Gasteiger partial charge is 0.0733 e. The van der Waals surface area contributed by atoms with Crippen molar-refractivity contribution in [3.63, 3.8) is 0 Å². The van der Waals surface area contributed by atoms with Crippen molar-refractivity contribution in [2.75, 3.05) is 12.4 Å². The molecule has 102 valence electrons. The molecule has 3 aromatic rings. The molecule has 0 aliphatic carbocycles.